The Bertz CT molecular complexity index is 98.7. The molecule has 1 aliphatic carbocycles. The van der Waals surface area contributed by atoms with Crippen LogP contribution in [0.2, 0.25) is 0 Å². The lowest BCUT2D eigenvalue weighted by molar-refractivity contribution is -0.126. The molecule has 0 aliphatic heterocycles. The number of carbonyl (C=O) groups is 1. The minimum absolute atomic E-state index is 0.375. The zero-order chi connectivity index (χ0) is 11.2. The van der Waals surface area contributed by atoms with Gasteiger partial charge in [0.15, 0.2) is 0 Å². The zero-order valence-electron chi connectivity index (χ0n) is 9.66. The van der Waals surface area contributed by atoms with Gasteiger partial charge in [0.1, 0.15) is 0 Å². The highest BCUT2D eigenvalue weighted by Crippen LogP contribution is 2.22. The van der Waals surface area contributed by atoms with Crippen molar-refractivity contribution in [2.45, 2.75) is 46.0 Å². The van der Waals surface area contributed by atoms with Crippen LogP contribution in [0.5, 0.6) is 0 Å². The van der Waals surface area contributed by atoms with E-state index in [0.717, 1.165) is 0 Å². The molecule has 0 amide bonds. The number of rotatable bonds is 2. The fourth-order valence-electron chi connectivity index (χ4n) is 1.37. The molecule has 0 aromatic heterocycles. The maximum Gasteiger partial charge on any atom is 0.292 e. The standard InChI is InChI=1S/C7H14O.C2H4O2.C2H6/c8-6-7-4-2-1-3-5-7;1-4-2-3;1-2/h7-8H,1-6H2;2H,1H3;1-2H3. The first kappa shape index (κ1) is 15.9. The van der Waals surface area contributed by atoms with Gasteiger partial charge in [0.25, 0.3) is 6.47 Å². The molecule has 1 fully saturated rings. The Morgan fingerprint density at radius 2 is 1.71 bits per heavy atom. The lowest BCUT2D eigenvalue weighted by Crippen LogP contribution is -2.09. The predicted octanol–water partition coefficient (Wildman–Crippen LogP) is 2.37. The summed E-state index contributed by atoms with van der Waals surface area (Å²) in [6.45, 7) is 4.79. The topological polar surface area (TPSA) is 46.5 Å². The van der Waals surface area contributed by atoms with Gasteiger partial charge in [-0.15, -0.1) is 0 Å². The van der Waals surface area contributed by atoms with Crippen molar-refractivity contribution < 1.29 is 14.6 Å². The molecule has 1 aliphatic rings. The van der Waals surface area contributed by atoms with Crippen LogP contribution in [0.1, 0.15) is 46.0 Å². The van der Waals surface area contributed by atoms with Gasteiger partial charge in [-0.05, 0) is 18.8 Å². The van der Waals surface area contributed by atoms with E-state index in [4.69, 9.17) is 9.90 Å². The minimum atomic E-state index is 0.375. The summed E-state index contributed by atoms with van der Waals surface area (Å²) in [5.74, 6) is 0.642. The van der Waals surface area contributed by atoms with E-state index in [0.29, 0.717) is 19.0 Å². The molecule has 0 unspecified atom stereocenters. The monoisotopic (exact) mass is 204 g/mol. The van der Waals surface area contributed by atoms with Gasteiger partial charge in [0.05, 0.1) is 7.11 Å². The summed E-state index contributed by atoms with van der Waals surface area (Å²) in [6, 6.07) is 0. The maximum absolute atomic E-state index is 8.95. The molecule has 0 radical (unpaired) electrons. The number of aliphatic hydroxyl groups is 1. The molecular weight excluding hydrogens is 180 g/mol. The highest BCUT2D eigenvalue weighted by Gasteiger charge is 2.10. The van der Waals surface area contributed by atoms with Gasteiger partial charge in [0, 0.05) is 6.61 Å². The number of methoxy groups -OCH3 is 1. The van der Waals surface area contributed by atoms with Crippen LogP contribution in [0.25, 0.3) is 0 Å². The van der Waals surface area contributed by atoms with Crippen molar-refractivity contribution in [1.82, 2.24) is 0 Å². The smallest absolute Gasteiger partial charge is 0.292 e. The van der Waals surface area contributed by atoms with Crippen LogP contribution < -0.4 is 0 Å². The Balaban J connectivity index is 0. The van der Waals surface area contributed by atoms with E-state index < -0.39 is 0 Å². The van der Waals surface area contributed by atoms with Crippen LogP contribution >= 0.6 is 0 Å². The van der Waals surface area contributed by atoms with Crippen molar-refractivity contribution in [3.05, 3.63) is 0 Å². The van der Waals surface area contributed by atoms with E-state index >= 15 is 0 Å². The molecule has 0 saturated heterocycles. The number of aliphatic hydroxyl groups excluding tert-OH is 1. The van der Waals surface area contributed by atoms with Crippen molar-refractivity contribution in [2.24, 2.45) is 5.92 Å². The van der Waals surface area contributed by atoms with Gasteiger partial charge in [-0.25, -0.2) is 0 Å². The van der Waals surface area contributed by atoms with Crippen molar-refractivity contribution in [1.29, 1.82) is 0 Å². The number of ether oxygens (including phenoxy) is 1. The second-order valence-electron chi connectivity index (χ2n) is 3.02. The van der Waals surface area contributed by atoms with E-state index in [2.05, 4.69) is 4.74 Å². The third-order valence-corrected chi connectivity index (χ3v) is 2.08. The molecule has 0 heterocycles. The van der Waals surface area contributed by atoms with Crippen LogP contribution in [-0.4, -0.2) is 25.3 Å². The van der Waals surface area contributed by atoms with Crippen LogP contribution in [-0.2, 0) is 9.53 Å². The maximum atomic E-state index is 8.95. The van der Waals surface area contributed by atoms with E-state index in [9.17, 15) is 0 Å². The highest BCUT2D eigenvalue weighted by atomic mass is 16.5. The fourth-order valence-corrected chi connectivity index (χ4v) is 1.37. The molecule has 3 nitrogen and oxygen atoms in total. The average Bonchev–Trinajstić information content (AvgIpc) is 2.33. The zero-order valence-corrected chi connectivity index (χ0v) is 9.66. The molecule has 14 heavy (non-hydrogen) atoms. The first-order valence-electron chi connectivity index (χ1n) is 5.42. The number of hydrogen-bond acceptors (Lipinski definition) is 3. The van der Waals surface area contributed by atoms with E-state index in [1.54, 1.807) is 0 Å². The number of hydrogen-bond donors (Lipinski definition) is 1. The van der Waals surface area contributed by atoms with Crippen molar-refractivity contribution in [3.8, 4) is 0 Å². The minimum Gasteiger partial charge on any atom is -0.471 e. The van der Waals surface area contributed by atoms with Gasteiger partial charge in [0.2, 0.25) is 0 Å². The molecule has 0 aromatic carbocycles. The van der Waals surface area contributed by atoms with E-state index in [-0.39, 0.29) is 0 Å². The SMILES string of the molecule is CC.COC=O.OCC1CCCCC1. The Morgan fingerprint density at radius 1 is 1.29 bits per heavy atom. The predicted molar refractivity (Wildman–Crippen MR) is 58.1 cm³/mol. The molecule has 0 atom stereocenters. The molecule has 86 valence electrons. The summed E-state index contributed by atoms with van der Waals surface area (Å²) < 4.78 is 3.86. The van der Waals surface area contributed by atoms with Crippen LogP contribution in [0.3, 0.4) is 0 Å². The van der Waals surface area contributed by atoms with Crippen molar-refractivity contribution >= 4 is 6.47 Å². The van der Waals surface area contributed by atoms with Crippen LogP contribution in [0.15, 0.2) is 0 Å². The Labute approximate surface area is 87.5 Å². The Hall–Kier alpha value is -0.570. The van der Waals surface area contributed by atoms with E-state index in [1.807, 2.05) is 13.8 Å². The van der Waals surface area contributed by atoms with Crippen molar-refractivity contribution in [2.75, 3.05) is 13.7 Å². The first-order chi connectivity index (χ1) is 6.85. The summed E-state index contributed by atoms with van der Waals surface area (Å²) in [6.07, 6.45) is 6.58. The molecule has 0 spiro atoms. The summed E-state index contributed by atoms with van der Waals surface area (Å²) in [5, 5.41) is 8.69. The number of carbonyl (C=O) groups excluding carboxylic acids is 1. The van der Waals surface area contributed by atoms with Gasteiger partial charge < -0.3 is 9.84 Å². The van der Waals surface area contributed by atoms with Crippen LogP contribution in [0, 0.1) is 5.92 Å². The molecule has 1 saturated carbocycles. The van der Waals surface area contributed by atoms with E-state index in [1.165, 1.54) is 39.2 Å². The second-order valence-corrected chi connectivity index (χ2v) is 3.02. The van der Waals surface area contributed by atoms with Crippen molar-refractivity contribution in [3.63, 3.8) is 0 Å². The molecule has 0 aromatic rings. The molecular formula is C11H24O3. The first-order valence-corrected chi connectivity index (χ1v) is 5.42. The van der Waals surface area contributed by atoms with Gasteiger partial charge in [-0.3, -0.25) is 4.79 Å². The van der Waals surface area contributed by atoms with Gasteiger partial charge in [-0.1, -0.05) is 33.1 Å². The molecule has 1 N–H and O–H groups in total. The Kier molecular flexibility index (Phi) is 16.9. The largest absolute Gasteiger partial charge is 0.471 e. The quantitative estimate of drug-likeness (QED) is 0.702. The molecule has 0 bridgehead atoms. The molecule has 1 rings (SSSR count). The second kappa shape index (κ2) is 14.9. The van der Waals surface area contributed by atoms with Crippen LogP contribution in [0.4, 0.5) is 0 Å². The summed E-state index contributed by atoms with van der Waals surface area (Å²) in [4.78, 5) is 8.95. The fraction of sp³-hybridized carbons (Fsp3) is 0.909. The lowest BCUT2D eigenvalue weighted by Gasteiger charge is -2.18. The summed E-state index contributed by atoms with van der Waals surface area (Å²) in [5.41, 5.74) is 0. The lowest BCUT2D eigenvalue weighted by atomic mass is 9.90. The average molecular weight is 204 g/mol. The highest BCUT2D eigenvalue weighted by molar-refractivity contribution is 5.36. The summed E-state index contributed by atoms with van der Waals surface area (Å²) >= 11 is 0. The van der Waals surface area contributed by atoms with Gasteiger partial charge in [-0.2, -0.15) is 0 Å². The third kappa shape index (κ3) is 11.4. The normalized spacial score (nSPS) is 15.4. The van der Waals surface area contributed by atoms with Gasteiger partial charge >= 0.3 is 0 Å². The third-order valence-electron chi connectivity index (χ3n) is 2.08. The Morgan fingerprint density at radius 3 is 1.93 bits per heavy atom. The summed E-state index contributed by atoms with van der Waals surface area (Å²) in [7, 11) is 1.31. The molecule has 3 heteroatoms.